The molecule has 0 aromatic heterocycles. The first-order valence-electron chi connectivity index (χ1n) is 3.92. The molecule has 0 bridgehead atoms. The van der Waals surface area contributed by atoms with Crippen LogP contribution in [0.4, 0.5) is 0 Å². The molecule has 0 aromatic carbocycles. The molecule has 0 fully saturated rings. The van der Waals surface area contributed by atoms with Crippen LogP contribution in [-0.2, 0) is 0 Å². The van der Waals surface area contributed by atoms with Crippen LogP contribution in [0, 0.1) is 5.92 Å². The molecule has 1 atom stereocenters. The predicted octanol–water partition coefficient (Wildman–Crippen LogP) is 2.16. The summed E-state index contributed by atoms with van der Waals surface area (Å²) in [5.74, 6) is 0.756. The van der Waals surface area contributed by atoms with Crippen molar-refractivity contribution in [1.82, 2.24) is 0 Å². The summed E-state index contributed by atoms with van der Waals surface area (Å²) in [4.78, 5) is 0. The molecule has 0 unspecified atom stereocenters. The lowest BCUT2D eigenvalue weighted by Gasteiger charge is -2.11. The summed E-state index contributed by atoms with van der Waals surface area (Å²) in [7, 11) is 0. The van der Waals surface area contributed by atoms with Crippen LogP contribution in [0.2, 0.25) is 0 Å². The summed E-state index contributed by atoms with van der Waals surface area (Å²) in [5, 5.41) is 0. The minimum atomic E-state index is 0.440. The maximum Gasteiger partial charge on any atom is 0.00411 e. The van der Waals surface area contributed by atoms with Gasteiger partial charge in [0.25, 0.3) is 0 Å². The van der Waals surface area contributed by atoms with Gasteiger partial charge in [-0.1, -0.05) is 27.2 Å². The van der Waals surface area contributed by atoms with Gasteiger partial charge < -0.3 is 5.73 Å². The maximum atomic E-state index is 5.79. The minimum absolute atomic E-state index is 0.440. The highest BCUT2D eigenvalue weighted by Gasteiger charge is 2.02. The van der Waals surface area contributed by atoms with Gasteiger partial charge in [0, 0.05) is 6.04 Å². The Kier molecular flexibility index (Phi) is 4.78. The van der Waals surface area contributed by atoms with E-state index in [9.17, 15) is 0 Å². The third kappa shape index (κ3) is 5.84. The zero-order valence-electron chi connectivity index (χ0n) is 6.85. The maximum absolute atomic E-state index is 5.79. The smallest absolute Gasteiger partial charge is 0.00411 e. The average molecular weight is 129 g/mol. The molecule has 0 saturated carbocycles. The number of rotatable bonds is 4. The SMILES string of the molecule is CCC[C@H](N)CC(C)C. The molecule has 1 nitrogen and oxygen atoms in total. The number of hydrogen-bond acceptors (Lipinski definition) is 1. The van der Waals surface area contributed by atoms with Gasteiger partial charge in [-0.05, 0) is 18.8 Å². The van der Waals surface area contributed by atoms with Gasteiger partial charge >= 0.3 is 0 Å². The highest BCUT2D eigenvalue weighted by atomic mass is 14.6. The number of nitrogens with two attached hydrogens (primary N) is 1. The quantitative estimate of drug-likeness (QED) is 0.618. The van der Waals surface area contributed by atoms with Gasteiger partial charge in [-0.3, -0.25) is 0 Å². The molecule has 0 aliphatic heterocycles. The zero-order chi connectivity index (χ0) is 7.28. The molecule has 2 N–H and O–H groups in total. The highest BCUT2D eigenvalue weighted by molar-refractivity contribution is 4.61. The Morgan fingerprint density at radius 2 is 1.89 bits per heavy atom. The summed E-state index contributed by atoms with van der Waals surface area (Å²) < 4.78 is 0. The predicted molar refractivity (Wildman–Crippen MR) is 42.3 cm³/mol. The first kappa shape index (κ1) is 8.96. The summed E-state index contributed by atoms with van der Waals surface area (Å²) in [6.45, 7) is 6.62. The lowest BCUT2D eigenvalue weighted by molar-refractivity contribution is 0.470. The minimum Gasteiger partial charge on any atom is -0.328 e. The molecule has 0 aliphatic carbocycles. The molecular weight excluding hydrogens is 110 g/mol. The van der Waals surface area contributed by atoms with Crippen LogP contribution in [-0.4, -0.2) is 6.04 Å². The molecule has 9 heavy (non-hydrogen) atoms. The summed E-state index contributed by atoms with van der Waals surface area (Å²) in [5.41, 5.74) is 5.79. The van der Waals surface area contributed by atoms with Crippen molar-refractivity contribution in [3.8, 4) is 0 Å². The van der Waals surface area contributed by atoms with Gasteiger partial charge in [0.05, 0.1) is 0 Å². The molecule has 0 rings (SSSR count). The molecule has 1 heteroatoms. The van der Waals surface area contributed by atoms with Crippen molar-refractivity contribution in [1.29, 1.82) is 0 Å². The lowest BCUT2D eigenvalue weighted by Crippen LogP contribution is -2.21. The largest absolute Gasteiger partial charge is 0.328 e. The Labute approximate surface area is 58.6 Å². The van der Waals surface area contributed by atoms with Crippen LogP contribution in [0.5, 0.6) is 0 Å². The lowest BCUT2D eigenvalue weighted by atomic mass is 10.0. The Hall–Kier alpha value is -0.0400. The molecular formula is C8H19N. The fourth-order valence-corrected chi connectivity index (χ4v) is 1.09. The second-order valence-electron chi connectivity index (χ2n) is 3.18. The number of hydrogen-bond donors (Lipinski definition) is 1. The topological polar surface area (TPSA) is 26.0 Å². The molecule has 0 saturated heterocycles. The van der Waals surface area contributed by atoms with Gasteiger partial charge in [-0.15, -0.1) is 0 Å². The fraction of sp³-hybridized carbons (Fsp3) is 1.00. The Morgan fingerprint density at radius 3 is 2.22 bits per heavy atom. The molecule has 0 amide bonds. The van der Waals surface area contributed by atoms with Crippen molar-refractivity contribution in [2.45, 2.75) is 46.1 Å². The van der Waals surface area contributed by atoms with E-state index in [-0.39, 0.29) is 0 Å². The normalized spacial score (nSPS) is 14.3. The molecule has 0 heterocycles. The fourth-order valence-electron chi connectivity index (χ4n) is 1.09. The van der Waals surface area contributed by atoms with Gasteiger partial charge in [0.2, 0.25) is 0 Å². The monoisotopic (exact) mass is 129 g/mol. The van der Waals surface area contributed by atoms with E-state index in [1.165, 1.54) is 19.3 Å². The van der Waals surface area contributed by atoms with Crippen LogP contribution < -0.4 is 5.73 Å². The second kappa shape index (κ2) is 4.80. The van der Waals surface area contributed by atoms with Crippen molar-refractivity contribution in [3.05, 3.63) is 0 Å². The third-order valence-electron chi connectivity index (χ3n) is 1.43. The van der Waals surface area contributed by atoms with Crippen molar-refractivity contribution in [2.24, 2.45) is 11.7 Å². The van der Waals surface area contributed by atoms with Crippen LogP contribution in [0.3, 0.4) is 0 Å². The second-order valence-corrected chi connectivity index (χ2v) is 3.18. The van der Waals surface area contributed by atoms with Gasteiger partial charge in [0.1, 0.15) is 0 Å². The summed E-state index contributed by atoms with van der Waals surface area (Å²) in [6, 6.07) is 0.440. The van der Waals surface area contributed by atoms with Crippen LogP contribution in [0.15, 0.2) is 0 Å². The molecule has 0 spiro atoms. The van der Waals surface area contributed by atoms with E-state index in [2.05, 4.69) is 20.8 Å². The molecule has 56 valence electrons. The Bertz CT molecular complexity index is 59.6. The zero-order valence-corrected chi connectivity index (χ0v) is 6.85. The van der Waals surface area contributed by atoms with Crippen LogP contribution in [0.25, 0.3) is 0 Å². The van der Waals surface area contributed by atoms with Gasteiger partial charge in [-0.2, -0.15) is 0 Å². The van der Waals surface area contributed by atoms with Crippen LogP contribution >= 0.6 is 0 Å². The first-order valence-corrected chi connectivity index (χ1v) is 3.92. The van der Waals surface area contributed by atoms with E-state index >= 15 is 0 Å². The average Bonchev–Trinajstić information content (AvgIpc) is 1.63. The Balaban J connectivity index is 3.15. The van der Waals surface area contributed by atoms with E-state index < -0.39 is 0 Å². The van der Waals surface area contributed by atoms with Crippen molar-refractivity contribution in [3.63, 3.8) is 0 Å². The van der Waals surface area contributed by atoms with Gasteiger partial charge in [-0.25, -0.2) is 0 Å². The Morgan fingerprint density at radius 1 is 1.33 bits per heavy atom. The summed E-state index contributed by atoms with van der Waals surface area (Å²) in [6.07, 6.45) is 3.57. The van der Waals surface area contributed by atoms with Gasteiger partial charge in [0.15, 0.2) is 0 Å². The molecule has 0 radical (unpaired) electrons. The van der Waals surface area contributed by atoms with E-state index in [0.29, 0.717) is 6.04 Å². The van der Waals surface area contributed by atoms with E-state index in [4.69, 9.17) is 5.73 Å². The third-order valence-corrected chi connectivity index (χ3v) is 1.43. The van der Waals surface area contributed by atoms with Crippen molar-refractivity contribution < 1.29 is 0 Å². The van der Waals surface area contributed by atoms with Crippen molar-refractivity contribution in [2.75, 3.05) is 0 Å². The van der Waals surface area contributed by atoms with Crippen LogP contribution in [0.1, 0.15) is 40.0 Å². The van der Waals surface area contributed by atoms with E-state index in [0.717, 1.165) is 5.92 Å². The van der Waals surface area contributed by atoms with Crippen molar-refractivity contribution >= 4 is 0 Å². The highest BCUT2D eigenvalue weighted by Crippen LogP contribution is 2.06. The van der Waals surface area contributed by atoms with E-state index in [1.54, 1.807) is 0 Å². The standard InChI is InChI=1S/C8H19N/c1-4-5-8(9)6-7(2)3/h7-8H,4-6,9H2,1-3H3/t8-/m0/s1. The first-order chi connectivity index (χ1) is 4.16. The van der Waals surface area contributed by atoms with E-state index in [1.807, 2.05) is 0 Å². The summed E-state index contributed by atoms with van der Waals surface area (Å²) >= 11 is 0. The molecule has 0 aliphatic rings. The molecule has 0 aromatic rings.